The third-order valence-corrected chi connectivity index (χ3v) is 5.38. The van der Waals surface area contributed by atoms with Crippen LogP contribution in [0.2, 0.25) is 0 Å². The first kappa shape index (κ1) is 16.8. The van der Waals surface area contributed by atoms with Crippen LogP contribution in [-0.2, 0) is 7.05 Å². The number of carbonyl (C=O) groups excluding carboxylic acids is 1. The molecule has 1 aromatic carbocycles. The molecule has 3 aromatic rings. The zero-order chi connectivity index (χ0) is 18.3. The largest absolute Gasteiger partial charge is 0.339 e. The van der Waals surface area contributed by atoms with Crippen molar-refractivity contribution in [2.45, 2.75) is 33.1 Å². The maximum absolute atomic E-state index is 13.3. The molecule has 0 unspecified atom stereocenters. The predicted octanol–water partition coefficient (Wildman–Crippen LogP) is 3.88. The molecule has 5 heteroatoms. The second-order valence-corrected chi connectivity index (χ2v) is 7.21. The number of piperidine rings is 1. The van der Waals surface area contributed by atoms with Crippen LogP contribution < -0.4 is 0 Å². The molecule has 0 spiro atoms. The number of carbonyl (C=O) groups is 1. The SMILES string of the molecule is Cc1ccc2c(C(=O)N3CCCCC3)cc(-c3cnn(C)c3)nc2c1C. The lowest BCUT2D eigenvalue weighted by Gasteiger charge is -2.27. The lowest BCUT2D eigenvalue weighted by Crippen LogP contribution is -2.35. The molecule has 1 fully saturated rings. The van der Waals surface area contributed by atoms with Crippen molar-refractivity contribution < 1.29 is 4.79 Å². The summed E-state index contributed by atoms with van der Waals surface area (Å²) >= 11 is 0. The number of pyridine rings is 1. The Labute approximate surface area is 153 Å². The molecule has 0 N–H and O–H groups in total. The Morgan fingerprint density at radius 1 is 1.12 bits per heavy atom. The molecule has 0 saturated carbocycles. The van der Waals surface area contributed by atoms with Gasteiger partial charge in [-0.1, -0.05) is 12.1 Å². The van der Waals surface area contributed by atoms with Gasteiger partial charge in [0.05, 0.1) is 23.0 Å². The van der Waals surface area contributed by atoms with E-state index in [-0.39, 0.29) is 5.91 Å². The van der Waals surface area contributed by atoms with Crippen molar-refractivity contribution in [2.24, 2.45) is 7.05 Å². The molecule has 1 amide bonds. The summed E-state index contributed by atoms with van der Waals surface area (Å²) < 4.78 is 1.76. The molecular formula is C21H24N4O. The van der Waals surface area contributed by atoms with Gasteiger partial charge >= 0.3 is 0 Å². The van der Waals surface area contributed by atoms with Gasteiger partial charge in [0.15, 0.2) is 0 Å². The summed E-state index contributed by atoms with van der Waals surface area (Å²) in [6, 6.07) is 6.05. The molecule has 26 heavy (non-hydrogen) atoms. The number of rotatable bonds is 2. The summed E-state index contributed by atoms with van der Waals surface area (Å²) in [6.45, 7) is 5.84. The average Bonchev–Trinajstić information content (AvgIpc) is 3.10. The molecule has 0 bridgehead atoms. The Hall–Kier alpha value is -2.69. The molecule has 4 rings (SSSR count). The van der Waals surface area contributed by atoms with Crippen molar-refractivity contribution in [3.63, 3.8) is 0 Å². The van der Waals surface area contributed by atoms with Crippen LogP contribution in [0.25, 0.3) is 22.2 Å². The number of aromatic nitrogens is 3. The second-order valence-electron chi connectivity index (χ2n) is 7.21. The quantitative estimate of drug-likeness (QED) is 0.706. The van der Waals surface area contributed by atoms with Crippen LogP contribution in [0.15, 0.2) is 30.6 Å². The Balaban J connectivity index is 1.92. The summed E-state index contributed by atoms with van der Waals surface area (Å²) in [6.07, 6.45) is 7.12. The van der Waals surface area contributed by atoms with Crippen LogP contribution in [0.5, 0.6) is 0 Å². The van der Waals surface area contributed by atoms with Gasteiger partial charge in [0.2, 0.25) is 0 Å². The third kappa shape index (κ3) is 2.87. The van der Waals surface area contributed by atoms with Crippen LogP contribution in [0, 0.1) is 13.8 Å². The summed E-state index contributed by atoms with van der Waals surface area (Å²) in [7, 11) is 1.89. The first-order chi connectivity index (χ1) is 12.5. The molecule has 0 aliphatic carbocycles. The van der Waals surface area contributed by atoms with E-state index >= 15 is 0 Å². The second kappa shape index (κ2) is 6.56. The highest BCUT2D eigenvalue weighted by Gasteiger charge is 2.22. The van der Waals surface area contributed by atoms with Gasteiger partial charge in [-0.25, -0.2) is 4.98 Å². The van der Waals surface area contributed by atoms with Gasteiger partial charge in [-0.2, -0.15) is 5.10 Å². The minimum absolute atomic E-state index is 0.116. The zero-order valence-electron chi connectivity index (χ0n) is 15.6. The van der Waals surface area contributed by atoms with Gasteiger partial charge in [0.25, 0.3) is 5.91 Å². The molecule has 5 nitrogen and oxygen atoms in total. The summed E-state index contributed by atoms with van der Waals surface area (Å²) in [5.41, 5.74) is 5.71. The van der Waals surface area contributed by atoms with Gasteiger partial charge in [-0.05, 0) is 50.3 Å². The average molecular weight is 348 g/mol. The minimum atomic E-state index is 0.116. The highest BCUT2D eigenvalue weighted by Crippen LogP contribution is 2.29. The van der Waals surface area contributed by atoms with Gasteiger partial charge < -0.3 is 4.90 Å². The standard InChI is InChI=1S/C21H24N4O/c1-14-7-8-17-18(21(26)25-9-5-4-6-10-25)11-19(23-20(17)15(14)2)16-12-22-24(3)13-16/h7-8,11-13H,4-6,9-10H2,1-3H3. The summed E-state index contributed by atoms with van der Waals surface area (Å²) in [5, 5.41) is 5.20. The number of hydrogen-bond donors (Lipinski definition) is 0. The van der Waals surface area contributed by atoms with E-state index in [2.05, 4.69) is 25.0 Å². The van der Waals surface area contributed by atoms with Crippen molar-refractivity contribution in [3.05, 3.63) is 47.3 Å². The normalized spacial score (nSPS) is 14.8. The van der Waals surface area contributed by atoms with E-state index in [4.69, 9.17) is 4.98 Å². The zero-order valence-corrected chi connectivity index (χ0v) is 15.6. The van der Waals surface area contributed by atoms with Crippen LogP contribution in [-0.4, -0.2) is 38.7 Å². The Morgan fingerprint density at radius 3 is 2.58 bits per heavy atom. The number of nitrogens with zero attached hydrogens (tertiary/aromatic N) is 4. The van der Waals surface area contributed by atoms with Crippen LogP contribution >= 0.6 is 0 Å². The van der Waals surface area contributed by atoms with Crippen molar-refractivity contribution in [1.29, 1.82) is 0 Å². The Bertz CT molecular complexity index is 983. The van der Waals surface area contributed by atoms with E-state index in [1.165, 1.54) is 12.0 Å². The van der Waals surface area contributed by atoms with E-state index in [9.17, 15) is 4.79 Å². The Morgan fingerprint density at radius 2 is 1.88 bits per heavy atom. The van der Waals surface area contributed by atoms with E-state index < -0.39 is 0 Å². The minimum Gasteiger partial charge on any atom is -0.339 e. The number of benzene rings is 1. The fourth-order valence-corrected chi connectivity index (χ4v) is 3.68. The predicted molar refractivity (Wildman–Crippen MR) is 103 cm³/mol. The Kier molecular flexibility index (Phi) is 4.23. The fraction of sp³-hybridized carbons (Fsp3) is 0.381. The van der Waals surface area contributed by atoms with Crippen molar-refractivity contribution in [1.82, 2.24) is 19.7 Å². The smallest absolute Gasteiger partial charge is 0.254 e. The van der Waals surface area contributed by atoms with Gasteiger partial charge in [-0.3, -0.25) is 9.48 Å². The van der Waals surface area contributed by atoms with E-state index in [0.717, 1.165) is 59.2 Å². The molecule has 1 aliphatic rings. The number of fused-ring (bicyclic) bond motifs is 1. The molecular weight excluding hydrogens is 324 g/mol. The molecule has 1 aliphatic heterocycles. The number of likely N-dealkylation sites (tertiary alicyclic amines) is 1. The van der Waals surface area contributed by atoms with E-state index in [1.54, 1.807) is 10.9 Å². The van der Waals surface area contributed by atoms with Gasteiger partial charge in [-0.15, -0.1) is 0 Å². The van der Waals surface area contributed by atoms with Gasteiger partial charge in [0, 0.05) is 37.3 Å². The van der Waals surface area contributed by atoms with E-state index in [0.29, 0.717) is 0 Å². The lowest BCUT2D eigenvalue weighted by molar-refractivity contribution is 0.0726. The van der Waals surface area contributed by atoms with E-state index in [1.807, 2.05) is 30.3 Å². The lowest BCUT2D eigenvalue weighted by atomic mass is 9.98. The number of hydrogen-bond acceptors (Lipinski definition) is 3. The van der Waals surface area contributed by atoms with Crippen LogP contribution in [0.4, 0.5) is 0 Å². The molecule has 3 heterocycles. The van der Waals surface area contributed by atoms with Crippen LogP contribution in [0.1, 0.15) is 40.7 Å². The molecule has 0 atom stereocenters. The fourth-order valence-electron chi connectivity index (χ4n) is 3.68. The molecule has 1 saturated heterocycles. The van der Waals surface area contributed by atoms with Crippen LogP contribution in [0.3, 0.4) is 0 Å². The summed E-state index contributed by atoms with van der Waals surface area (Å²) in [5.74, 6) is 0.116. The maximum atomic E-state index is 13.3. The van der Waals surface area contributed by atoms with Crippen molar-refractivity contribution in [2.75, 3.05) is 13.1 Å². The number of amides is 1. The molecule has 134 valence electrons. The van der Waals surface area contributed by atoms with Crippen molar-refractivity contribution >= 4 is 16.8 Å². The maximum Gasteiger partial charge on any atom is 0.254 e. The highest BCUT2D eigenvalue weighted by molar-refractivity contribution is 6.08. The molecule has 2 aromatic heterocycles. The highest BCUT2D eigenvalue weighted by atomic mass is 16.2. The first-order valence-corrected chi connectivity index (χ1v) is 9.24. The molecule has 0 radical (unpaired) electrons. The topological polar surface area (TPSA) is 51.0 Å². The van der Waals surface area contributed by atoms with Gasteiger partial charge in [0.1, 0.15) is 0 Å². The summed E-state index contributed by atoms with van der Waals surface area (Å²) in [4.78, 5) is 20.1. The third-order valence-electron chi connectivity index (χ3n) is 5.38. The number of aryl methyl sites for hydroxylation is 3. The monoisotopic (exact) mass is 348 g/mol. The van der Waals surface area contributed by atoms with Crippen molar-refractivity contribution in [3.8, 4) is 11.3 Å². The first-order valence-electron chi connectivity index (χ1n) is 9.24.